The number of hydrogen-bond acceptors (Lipinski definition) is 1. The summed E-state index contributed by atoms with van der Waals surface area (Å²) in [6.07, 6.45) is 0. The van der Waals surface area contributed by atoms with E-state index in [4.69, 9.17) is 10.3 Å². The van der Waals surface area contributed by atoms with Crippen molar-refractivity contribution in [2.24, 2.45) is 0 Å². The normalized spacial score (nSPS) is 11.3. The van der Waals surface area contributed by atoms with E-state index in [1.165, 1.54) is 33.4 Å². The molecule has 1 heterocycles. The van der Waals surface area contributed by atoms with Gasteiger partial charge in [0.1, 0.15) is 0 Å². The molecule has 0 bridgehead atoms. The zero-order valence-electron chi connectivity index (χ0n) is 24.6. The van der Waals surface area contributed by atoms with E-state index in [2.05, 4.69) is 109 Å². The minimum Gasteiger partial charge on any atom is -0.673 e. The standard InChI is InChI=1S/C33H36N2.2CH3.Hf/c1-21(2)27-15-11-16-28(22(3)4)32(27)35-33(31-24(6)19-23(5)20-25(31)7)30-18-12-17-29(34-30)26-13-9-8-10-14-26;;;/h8-13,15-22,33H,1-7H3;2*1H3;/q-2;2*-1;. The largest absolute Gasteiger partial charge is 0.673 e. The van der Waals surface area contributed by atoms with Gasteiger partial charge < -0.3 is 25.2 Å². The molecule has 0 saturated carbocycles. The quantitative estimate of drug-likeness (QED) is 0.142. The monoisotopic (exact) mass is 670 g/mol. The molecular formula is C35H42HfN2-4. The first-order valence-electron chi connectivity index (χ1n) is 12.6. The van der Waals surface area contributed by atoms with Crippen molar-refractivity contribution in [1.29, 1.82) is 0 Å². The number of benzene rings is 3. The summed E-state index contributed by atoms with van der Waals surface area (Å²) in [5, 5.41) is 5.55. The van der Waals surface area contributed by atoms with Crippen LogP contribution in [0.5, 0.6) is 0 Å². The molecule has 2 nitrogen and oxygen atoms in total. The molecule has 0 saturated heterocycles. The van der Waals surface area contributed by atoms with Gasteiger partial charge >= 0.3 is 0 Å². The number of nitrogens with zero attached hydrogens (tertiary/aromatic N) is 2. The second-order valence-corrected chi connectivity index (χ2v) is 10.2. The first kappa shape index (κ1) is 33.5. The van der Waals surface area contributed by atoms with Gasteiger partial charge in [-0.1, -0.05) is 92.4 Å². The smallest absolute Gasteiger partial charge is 0.0196 e. The van der Waals surface area contributed by atoms with E-state index in [1.54, 1.807) is 0 Å². The van der Waals surface area contributed by atoms with Crippen LogP contribution < -0.4 is 0 Å². The average molecular weight is 669 g/mol. The van der Waals surface area contributed by atoms with Crippen LogP contribution in [0.4, 0.5) is 5.69 Å². The molecule has 0 aliphatic rings. The summed E-state index contributed by atoms with van der Waals surface area (Å²) < 4.78 is 0. The Morgan fingerprint density at radius 3 is 1.84 bits per heavy atom. The van der Waals surface area contributed by atoms with Crippen molar-refractivity contribution in [1.82, 2.24) is 4.98 Å². The summed E-state index contributed by atoms with van der Waals surface area (Å²) in [4.78, 5) is 5.14. The third-order valence-corrected chi connectivity index (χ3v) is 6.65. The minimum atomic E-state index is -0.198. The van der Waals surface area contributed by atoms with Gasteiger partial charge in [-0.2, -0.15) is 0 Å². The molecule has 1 aromatic heterocycles. The molecule has 0 amide bonds. The molecule has 0 aliphatic heterocycles. The summed E-state index contributed by atoms with van der Waals surface area (Å²) in [6.45, 7) is 15.6. The summed E-state index contributed by atoms with van der Waals surface area (Å²) in [5.41, 5.74) is 11.6. The van der Waals surface area contributed by atoms with Gasteiger partial charge in [-0.3, -0.25) is 0 Å². The zero-order chi connectivity index (χ0) is 25.1. The second-order valence-electron chi connectivity index (χ2n) is 10.2. The molecule has 200 valence electrons. The molecule has 0 aliphatic carbocycles. The van der Waals surface area contributed by atoms with Crippen LogP contribution in [0, 0.1) is 41.7 Å². The second kappa shape index (κ2) is 14.6. The predicted molar refractivity (Wildman–Crippen MR) is 161 cm³/mol. The molecule has 0 radical (unpaired) electrons. The molecule has 4 rings (SSSR count). The van der Waals surface area contributed by atoms with Crippen LogP contribution >= 0.6 is 0 Å². The molecule has 0 spiro atoms. The number of aromatic nitrogens is 1. The zero-order valence-corrected chi connectivity index (χ0v) is 28.1. The van der Waals surface area contributed by atoms with Gasteiger partial charge in [-0.25, -0.2) is 0 Å². The average Bonchev–Trinajstić information content (AvgIpc) is 2.83. The Bertz CT molecular complexity index is 1260. The van der Waals surface area contributed by atoms with Gasteiger partial charge in [0.2, 0.25) is 0 Å². The topological polar surface area (TPSA) is 27.0 Å². The van der Waals surface area contributed by atoms with Crippen LogP contribution in [0.15, 0.2) is 72.8 Å². The van der Waals surface area contributed by atoms with Crippen molar-refractivity contribution in [3.8, 4) is 11.3 Å². The maximum atomic E-state index is 5.55. The molecule has 0 N–H and O–H groups in total. The Morgan fingerprint density at radius 1 is 0.737 bits per heavy atom. The van der Waals surface area contributed by atoms with E-state index in [9.17, 15) is 0 Å². The maximum absolute atomic E-state index is 5.55. The van der Waals surface area contributed by atoms with Crippen molar-refractivity contribution < 1.29 is 25.8 Å². The molecule has 1 atom stereocenters. The first-order chi connectivity index (χ1) is 16.8. The fraction of sp³-hybridized carbons (Fsp3) is 0.286. The number of pyridine rings is 1. The predicted octanol–water partition coefficient (Wildman–Crippen LogP) is 10.4. The van der Waals surface area contributed by atoms with Gasteiger partial charge in [-0.05, 0) is 61.5 Å². The van der Waals surface area contributed by atoms with Crippen LogP contribution in [0.25, 0.3) is 16.6 Å². The van der Waals surface area contributed by atoms with Crippen LogP contribution in [-0.2, 0) is 25.8 Å². The van der Waals surface area contributed by atoms with Crippen molar-refractivity contribution in [2.45, 2.75) is 66.3 Å². The summed E-state index contributed by atoms with van der Waals surface area (Å²) in [5.74, 6) is 0.762. The molecule has 3 heteroatoms. The van der Waals surface area contributed by atoms with E-state index >= 15 is 0 Å². The number of hydrogen-bond donors (Lipinski definition) is 0. The molecular weight excluding hydrogens is 627 g/mol. The van der Waals surface area contributed by atoms with Crippen molar-refractivity contribution in [3.63, 3.8) is 0 Å². The SMILES string of the molecule is Cc1cc(C)c(C([N-]c2c(C(C)C)cccc2C(C)C)c2cccc(-c3[c-]cccc3)n2)c(C)c1.[CH3-].[CH3-].[Hf]. The first-order valence-corrected chi connectivity index (χ1v) is 12.6. The van der Waals surface area contributed by atoms with Crippen molar-refractivity contribution in [2.75, 3.05) is 0 Å². The summed E-state index contributed by atoms with van der Waals surface area (Å²) in [6, 6.07) is 28.6. The van der Waals surface area contributed by atoms with Crippen LogP contribution in [0.2, 0.25) is 0 Å². The molecule has 3 aromatic carbocycles. The number of para-hydroxylation sites is 1. The third-order valence-electron chi connectivity index (χ3n) is 6.65. The Kier molecular flexibility index (Phi) is 12.9. The Labute approximate surface area is 251 Å². The van der Waals surface area contributed by atoms with Crippen LogP contribution in [0.1, 0.15) is 84.6 Å². The number of aryl methyl sites for hydroxylation is 3. The minimum absolute atomic E-state index is 0. The molecule has 1 unspecified atom stereocenters. The Morgan fingerprint density at radius 2 is 1.32 bits per heavy atom. The summed E-state index contributed by atoms with van der Waals surface area (Å²) in [7, 11) is 0. The van der Waals surface area contributed by atoms with E-state index < -0.39 is 0 Å². The summed E-state index contributed by atoms with van der Waals surface area (Å²) >= 11 is 0. The molecule has 0 fully saturated rings. The van der Waals surface area contributed by atoms with E-state index in [1.807, 2.05) is 18.2 Å². The van der Waals surface area contributed by atoms with Gasteiger partial charge in [0, 0.05) is 31.5 Å². The van der Waals surface area contributed by atoms with Gasteiger partial charge in [0.25, 0.3) is 0 Å². The Balaban J connectivity index is 0.00000241. The fourth-order valence-corrected chi connectivity index (χ4v) is 5.00. The van der Waals surface area contributed by atoms with Gasteiger partial charge in [0.15, 0.2) is 0 Å². The van der Waals surface area contributed by atoms with E-state index in [0.29, 0.717) is 11.8 Å². The van der Waals surface area contributed by atoms with Crippen molar-refractivity contribution >= 4 is 5.69 Å². The van der Waals surface area contributed by atoms with Gasteiger partial charge in [-0.15, -0.1) is 41.6 Å². The maximum Gasteiger partial charge on any atom is 0.0196 e. The fourth-order valence-electron chi connectivity index (χ4n) is 5.00. The molecule has 38 heavy (non-hydrogen) atoms. The van der Waals surface area contributed by atoms with Crippen LogP contribution in [0.3, 0.4) is 0 Å². The van der Waals surface area contributed by atoms with Crippen LogP contribution in [-0.4, -0.2) is 4.98 Å². The van der Waals surface area contributed by atoms with E-state index in [0.717, 1.165) is 22.6 Å². The third kappa shape index (κ3) is 7.32. The van der Waals surface area contributed by atoms with Crippen molar-refractivity contribution in [3.05, 3.63) is 138 Å². The number of rotatable bonds is 7. The van der Waals surface area contributed by atoms with Gasteiger partial charge in [0.05, 0.1) is 0 Å². The Hall–Kier alpha value is -2.52. The van der Waals surface area contributed by atoms with E-state index in [-0.39, 0.29) is 46.7 Å². The molecule has 4 aromatic rings.